The molecule has 0 saturated heterocycles. The molecule has 3 rings (SSSR count). The summed E-state index contributed by atoms with van der Waals surface area (Å²) in [5, 5.41) is 3.71. The second-order valence-electron chi connectivity index (χ2n) is 4.74. The Hall–Kier alpha value is -1.48. The Morgan fingerprint density at radius 1 is 1.36 bits per heavy atom. The predicted molar refractivity (Wildman–Crippen MR) is 84.3 cm³/mol. The number of oxime groups is 1. The molecular weight excluding hydrogens is 424 g/mol. The van der Waals surface area contributed by atoms with Crippen LogP contribution < -0.4 is 19.9 Å². The summed E-state index contributed by atoms with van der Waals surface area (Å²) in [5.41, 5.74) is 6.33. The van der Waals surface area contributed by atoms with Gasteiger partial charge in [0.1, 0.15) is 11.8 Å². The number of hydrogen-bond donors (Lipinski definition) is 1. The molecule has 1 atom stereocenters. The van der Waals surface area contributed by atoms with Gasteiger partial charge in [-0.1, -0.05) is 5.16 Å². The van der Waals surface area contributed by atoms with Crippen molar-refractivity contribution in [3.8, 4) is 17.2 Å². The van der Waals surface area contributed by atoms with Crippen LogP contribution >= 0.6 is 31.9 Å². The molecule has 0 aliphatic carbocycles. The van der Waals surface area contributed by atoms with Gasteiger partial charge >= 0.3 is 0 Å². The van der Waals surface area contributed by atoms with Crippen LogP contribution in [0.25, 0.3) is 0 Å². The largest absolute Gasteiger partial charge is 0.492 e. The normalized spacial score (nSPS) is 18.9. The molecule has 9 heteroatoms. The van der Waals surface area contributed by atoms with Gasteiger partial charge in [-0.25, -0.2) is 0 Å². The molecule has 2 N–H and O–H groups in total. The van der Waals surface area contributed by atoms with Crippen molar-refractivity contribution in [3.63, 3.8) is 0 Å². The Bertz CT molecular complexity index is 677. The lowest BCUT2D eigenvalue weighted by Gasteiger charge is -2.16. The lowest BCUT2D eigenvalue weighted by molar-refractivity contribution is -0.112. The molecule has 7 nitrogen and oxygen atoms in total. The molecule has 0 unspecified atom stereocenters. The topological polar surface area (TPSA) is 92.4 Å². The van der Waals surface area contributed by atoms with Gasteiger partial charge in [0.2, 0.25) is 12.5 Å². The van der Waals surface area contributed by atoms with Crippen molar-refractivity contribution < 1.29 is 23.8 Å². The summed E-state index contributed by atoms with van der Waals surface area (Å²) in [5.74, 6) is 1.12. The van der Waals surface area contributed by atoms with Gasteiger partial charge in [0, 0.05) is 12.8 Å². The summed E-state index contributed by atoms with van der Waals surface area (Å²) in [6.45, 7) is 0.134. The number of carbonyl (C=O) groups is 1. The Labute approximate surface area is 143 Å². The van der Waals surface area contributed by atoms with Crippen molar-refractivity contribution in [1.29, 1.82) is 0 Å². The number of rotatable bonds is 4. The molecule has 118 valence electrons. The molecule has 2 aliphatic heterocycles. The van der Waals surface area contributed by atoms with Crippen LogP contribution in [0.15, 0.2) is 14.1 Å². The van der Waals surface area contributed by atoms with Crippen molar-refractivity contribution in [1.82, 2.24) is 0 Å². The van der Waals surface area contributed by atoms with E-state index in [1.807, 2.05) is 0 Å². The van der Waals surface area contributed by atoms with Crippen molar-refractivity contribution in [2.45, 2.75) is 18.9 Å². The van der Waals surface area contributed by atoms with Gasteiger partial charge in [-0.15, -0.1) is 0 Å². The van der Waals surface area contributed by atoms with Crippen LogP contribution in [0.1, 0.15) is 12.0 Å². The molecule has 0 aromatic heterocycles. The standard InChI is InChI=1S/C13H12Br2N2O5/c1-19-10-8(14)6(9(15)11-12(10)21-4-20-11)2-5-3-7(13(16)18)17-22-5/h5H,2-4H2,1H3,(H2,16,18)/t5-/m1/s1. The summed E-state index contributed by atoms with van der Waals surface area (Å²) in [4.78, 5) is 16.4. The molecule has 22 heavy (non-hydrogen) atoms. The lowest BCUT2D eigenvalue weighted by atomic mass is 10.0. The fraction of sp³-hybridized carbons (Fsp3) is 0.385. The van der Waals surface area contributed by atoms with Gasteiger partial charge in [0.05, 0.1) is 16.1 Å². The summed E-state index contributed by atoms with van der Waals surface area (Å²) in [7, 11) is 1.56. The highest BCUT2D eigenvalue weighted by atomic mass is 79.9. The molecule has 0 fully saturated rings. The van der Waals surface area contributed by atoms with Gasteiger partial charge in [0.15, 0.2) is 11.5 Å². The van der Waals surface area contributed by atoms with Crippen LogP contribution in [0, 0.1) is 0 Å². The Morgan fingerprint density at radius 3 is 2.73 bits per heavy atom. The Kier molecular flexibility index (Phi) is 4.18. The molecule has 0 saturated carbocycles. The molecule has 1 aromatic rings. The fourth-order valence-electron chi connectivity index (χ4n) is 2.35. The van der Waals surface area contributed by atoms with E-state index in [0.717, 1.165) is 14.5 Å². The van der Waals surface area contributed by atoms with Gasteiger partial charge in [-0.3, -0.25) is 4.79 Å². The number of benzene rings is 1. The zero-order valence-electron chi connectivity index (χ0n) is 11.5. The minimum atomic E-state index is -0.566. The SMILES string of the molecule is COc1c(Br)c(C[C@@H]2CC(C(N)=O)=NO2)c(Br)c2c1OCO2. The molecule has 2 aliphatic rings. The van der Waals surface area contributed by atoms with Gasteiger partial charge < -0.3 is 24.8 Å². The first-order chi connectivity index (χ1) is 10.5. The van der Waals surface area contributed by atoms with E-state index in [9.17, 15) is 4.79 Å². The van der Waals surface area contributed by atoms with E-state index >= 15 is 0 Å². The number of amides is 1. The molecule has 1 amide bonds. The first-order valence-electron chi connectivity index (χ1n) is 6.38. The summed E-state index contributed by atoms with van der Waals surface area (Å²) in [6, 6.07) is 0. The Morgan fingerprint density at radius 2 is 2.09 bits per heavy atom. The van der Waals surface area contributed by atoms with E-state index in [2.05, 4.69) is 37.0 Å². The van der Waals surface area contributed by atoms with Crippen LogP contribution in [-0.2, 0) is 16.1 Å². The third-order valence-corrected chi connectivity index (χ3v) is 5.08. The maximum absolute atomic E-state index is 11.1. The minimum absolute atomic E-state index is 0.134. The van der Waals surface area contributed by atoms with Crippen LogP contribution in [0.2, 0.25) is 0 Å². The number of halogens is 2. The van der Waals surface area contributed by atoms with Crippen molar-refractivity contribution in [3.05, 3.63) is 14.5 Å². The number of primary amides is 1. The van der Waals surface area contributed by atoms with E-state index in [4.69, 9.17) is 24.8 Å². The molecule has 1 aromatic carbocycles. The van der Waals surface area contributed by atoms with Crippen molar-refractivity contribution >= 4 is 43.5 Å². The highest BCUT2D eigenvalue weighted by Crippen LogP contribution is 2.52. The highest BCUT2D eigenvalue weighted by Gasteiger charge is 2.32. The van der Waals surface area contributed by atoms with E-state index in [1.54, 1.807) is 7.11 Å². The first kappa shape index (κ1) is 15.4. The molecular formula is C13H12Br2N2O5. The maximum Gasteiger partial charge on any atom is 0.266 e. The van der Waals surface area contributed by atoms with Gasteiger partial charge in [0.25, 0.3) is 5.91 Å². The first-order valence-corrected chi connectivity index (χ1v) is 7.97. The number of methoxy groups -OCH3 is 1. The van der Waals surface area contributed by atoms with Crippen LogP contribution in [0.4, 0.5) is 0 Å². The van der Waals surface area contributed by atoms with E-state index in [-0.39, 0.29) is 18.6 Å². The number of carbonyl (C=O) groups excluding carboxylic acids is 1. The number of fused-ring (bicyclic) bond motifs is 1. The zero-order valence-corrected chi connectivity index (χ0v) is 14.7. The summed E-state index contributed by atoms with van der Waals surface area (Å²) >= 11 is 7.04. The van der Waals surface area contributed by atoms with Gasteiger partial charge in [-0.2, -0.15) is 0 Å². The molecule has 0 bridgehead atoms. The van der Waals surface area contributed by atoms with Crippen molar-refractivity contribution in [2.24, 2.45) is 10.9 Å². The average Bonchev–Trinajstić information content (AvgIpc) is 3.13. The maximum atomic E-state index is 11.1. The third-order valence-electron chi connectivity index (χ3n) is 3.40. The third kappa shape index (κ3) is 2.52. The van der Waals surface area contributed by atoms with Crippen molar-refractivity contribution in [2.75, 3.05) is 13.9 Å². The monoisotopic (exact) mass is 434 g/mol. The second kappa shape index (κ2) is 5.96. The quantitative estimate of drug-likeness (QED) is 0.781. The van der Waals surface area contributed by atoms with Gasteiger partial charge in [-0.05, 0) is 37.4 Å². The molecule has 2 heterocycles. The number of nitrogens with zero attached hydrogens (tertiary/aromatic N) is 1. The van der Waals surface area contributed by atoms with Crippen LogP contribution in [0.5, 0.6) is 17.2 Å². The summed E-state index contributed by atoms with van der Waals surface area (Å²) in [6.07, 6.45) is 0.583. The zero-order chi connectivity index (χ0) is 15.9. The van der Waals surface area contributed by atoms with Crippen LogP contribution in [0.3, 0.4) is 0 Å². The number of hydrogen-bond acceptors (Lipinski definition) is 6. The molecule has 0 radical (unpaired) electrons. The highest BCUT2D eigenvalue weighted by molar-refractivity contribution is 9.11. The average molecular weight is 436 g/mol. The number of nitrogens with two attached hydrogens (primary N) is 1. The Balaban J connectivity index is 1.90. The van der Waals surface area contributed by atoms with E-state index < -0.39 is 5.91 Å². The van der Waals surface area contributed by atoms with E-state index in [1.165, 1.54) is 0 Å². The number of ether oxygens (including phenoxy) is 3. The second-order valence-corrected chi connectivity index (χ2v) is 6.33. The summed E-state index contributed by atoms with van der Waals surface area (Å²) < 4.78 is 17.8. The predicted octanol–water partition coefficient (Wildman–Crippen LogP) is 2.12. The fourth-order valence-corrected chi connectivity index (χ4v) is 3.98. The molecule has 0 spiro atoms. The minimum Gasteiger partial charge on any atom is -0.492 e. The van der Waals surface area contributed by atoms with E-state index in [0.29, 0.717) is 30.1 Å². The lowest BCUT2D eigenvalue weighted by Crippen LogP contribution is -2.23. The van der Waals surface area contributed by atoms with Crippen LogP contribution in [-0.4, -0.2) is 31.6 Å². The smallest absolute Gasteiger partial charge is 0.266 e.